The quantitative estimate of drug-likeness (QED) is 0.190. The predicted molar refractivity (Wildman–Crippen MR) is 159 cm³/mol. The van der Waals surface area contributed by atoms with Crippen LogP contribution in [0.3, 0.4) is 0 Å². The van der Waals surface area contributed by atoms with E-state index in [9.17, 15) is 13.2 Å². The van der Waals surface area contributed by atoms with Gasteiger partial charge in [-0.15, -0.1) is 0 Å². The van der Waals surface area contributed by atoms with E-state index in [-0.39, 0.29) is 35.8 Å². The lowest BCUT2D eigenvalue weighted by Gasteiger charge is -2.33. The second-order valence-electron chi connectivity index (χ2n) is 9.25. The van der Waals surface area contributed by atoms with E-state index in [2.05, 4.69) is 0 Å². The third kappa shape index (κ3) is 8.46. The molecular weight excluding hydrogens is 554 g/mol. The average molecular weight is 590 g/mol. The van der Waals surface area contributed by atoms with Crippen molar-refractivity contribution in [3.05, 3.63) is 64.7 Å². The van der Waals surface area contributed by atoms with Gasteiger partial charge in [-0.25, -0.2) is 8.42 Å². The highest BCUT2D eigenvalue weighted by molar-refractivity contribution is 7.93. The van der Waals surface area contributed by atoms with Crippen molar-refractivity contribution in [1.82, 2.24) is 4.90 Å². The van der Waals surface area contributed by atoms with Gasteiger partial charge in [0.05, 0.1) is 29.7 Å². The lowest BCUT2D eigenvalue weighted by molar-refractivity contribution is -0.139. The number of sulfonamides is 1. The van der Waals surface area contributed by atoms with E-state index in [0.717, 1.165) is 35.8 Å². The molecule has 2 aromatic carbocycles. The Kier molecular flexibility index (Phi) is 11.0. The lowest BCUT2D eigenvalue weighted by atomic mass is 10.1. The summed E-state index contributed by atoms with van der Waals surface area (Å²) in [5, 5.41) is 15.9. The van der Waals surface area contributed by atoms with E-state index in [1.165, 1.54) is 6.07 Å². The number of amidine groups is 2. The molecule has 0 aliphatic carbocycles. The number of likely N-dealkylation sites (tertiary alicyclic amines) is 1. The first-order valence-corrected chi connectivity index (χ1v) is 15.1. The van der Waals surface area contributed by atoms with Crippen LogP contribution in [0.1, 0.15) is 44.2 Å². The van der Waals surface area contributed by atoms with Crippen LogP contribution in [0.2, 0.25) is 5.02 Å². The summed E-state index contributed by atoms with van der Waals surface area (Å²) >= 11 is 6.54. The number of esters is 1. The molecule has 0 saturated carbocycles. The van der Waals surface area contributed by atoms with Gasteiger partial charge in [-0.1, -0.05) is 48.9 Å². The van der Waals surface area contributed by atoms with Gasteiger partial charge in [0.2, 0.25) is 10.0 Å². The molecule has 0 bridgehead atoms. The fraction of sp³-hybridized carbons (Fsp3) is 0.393. The van der Waals surface area contributed by atoms with Crippen LogP contribution in [0.25, 0.3) is 6.08 Å². The Hall–Kier alpha value is -3.57. The molecule has 1 heterocycles. The Bertz CT molecular complexity index is 1360. The number of halogens is 1. The van der Waals surface area contributed by atoms with Gasteiger partial charge < -0.3 is 20.1 Å². The monoisotopic (exact) mass is 589 g/mol. The number of nitrogen functional groups attached to an aromatic ring is 1. The highest BCUT2D eigenvalue weighted by atomic mass is 35.5. The normalized spacial score (nSPS) is 14.2. The second-order valence-corrected chi connectivity index (χ2v) is 11.6. The Morgan fingerprint density at radius 1 is 1.18 bits per heavy atom. The van der Waals surface area contributed by atoms with E-state index < -0.39 is 21.7 Å². The van der Waals surface area contributed by atoms with E-state index in [1.807, 2.05) is 11.8 Å². The molecule has 1 aliphatic rings. The minimum absolute atomic E-state index is 0.0666. The summed E-state index contributed by atoms with van der Waals surface area (Å²) in [5.74, 6) is -0.689. The molecule has 0 radical (unpaired) electrons. The van der Waals surface area contributed by atoms with Gasteiger partial charge in [-0.2, -0.15) is 0 Å². The number of nitrogens with zero attached hydrogens (tertiary/aromatic N) is 2. The second kappa shape index (κ2) is 14.2. The standard InChI is InChI=1S/C28H36ClN5O5S/c1-3-26(30)33-15-12-23(13-16-33)39-25-11-10-22(18-24(25)29)34(40(36,37)19-27(35)38-4-2)14-6-8-20-7-5-9-21(17-20)28(31)32/h5-11,17-18,23,30H,3-4,12-16,19H2,1-2H3,(H3,31,32). The first-order valence-electron chi connectivity index (χ1n) is 13.1. The SMILES string of the molecule is CCOC(=O)CS(=O)(=O)N(CC=Cc1cccc(C(=N)N)c1)c1ccc(OC2CCN(C(=N)CC)CC2)c(Cl)c1. The number of piperidine rings is 1. The van der Waals surface area contributed by atoms with E-state index >= 15 is 0 Å². The zero-order valence-electron chi connectivity index (χ0n) is 22.7. The summed E-state index contributed by atoms with van der Waals surface area (Å²) in [6.07, 6.45) is 5.47. The molecule has 10 nitrogen and oxygen atoms in total. The Morgan fingerprint density at radius 3 is 2.52 bits per heavy atom. The van der Waals surface area contributed by atoms with Gasteiger partial charge in [-0.05, 0) is 36.8 Å². The lowest BCUT2D eigenvalue weighted by Crippen LogP contribution is -2.41. The predicted octanol–water partition coefficient (Wildman–Crippen LogP) is 4.27. The molecule has 1 saturated heterocycles. The van der Waals surface area contributed by atoms with Gasteiger partial charge in [0, 0.05) is 37.9 Å². The molecule has 0 atom stereocenters. The topological polar surface area (TPSA) is 150 Å². The number of carbonyl (C=O) groups is 1. The summed E-state index contributed by atoms with van der Waals surface area (Å²) in [4.78, 5) is 14.1. The Labute approximate surface area is 240 Å². The zero-order valence-corrected chi connectivity index (χ0v) is 24.3. The van der Waals surface area contributed by atoms with Crippen molar-refractivity contribution in [3.63, 3.8) is 0 Å². The number of carbonyl (C=O) groups excluding carboxylic acids is 1. The fourth-order valence-electron chi connectivity index (χ4n) is 4.29. The molecule has 0 spiro atoms. The van der Waals surface area contributed by atoms with Crippen LogP contribution < -0.4 is 14.8 Å². The summed E-state index contributed by atoms with van der Waals surface area (Å²) in [7, 11) is -4.12. The molecule has 216 valence electrons. The van der Waals surface area contributed by atoms with Crippen molar-refractivity contribution in [2.75, 3.05) is 36.3 Å². The highest BCUT2D eigenvalue weighted by Gasteiger charge is 2.27. The van der Waals surface area contributed by atoms with E-state index in [1.54, 1.807) is 55.5 Å². The number of ether oxygens (including phenoxy) is 2. The fourth-order valence-corrected chi connectivity index (χ4v) is 5.79. The largest absolute Gasteiger partial charge is 0.489 e. The average Bonchev–Trinajstić information content (AvgIpc) is 2.92. The molecule has 4 N–H and O–H groups in total. The number of anilines is 1. The van der Waals surface area contributed by atoms with Crippen LogP contribution in [-0.2, 0) is 19.6 Å². The first kappa shape index (κ1) is 31.0. The third-order valence-corrected chi connectivity index (χ3v) is 8.30. The number of hydrogen-bond acceptors (Lipinski definition) is 7. The molecule has 1 aliphatic heterocycles. The number of hydrogen-bond donors (Lipinski definition) is 3. The maximum Gasteiger partial charge on any atom is 0.323 e. The van der Waals surface area contributed by atoms with Crippen LogP contribution in [0.15, 0.2) is 48.5 Å². The van der Waals surface area contributed by atoms with E-state index in [4.69, 9.17) is 37.6 Å². The maximum absolute atomic E-state index is 13.3. The maximum atomic E-state index is 13.3. The molecule has 0 aromatic heterocycles. The number of nitrogens with one attached hydrogen (secondary N) is 2. The van der Waals surface area contributed by atoms with Crippen molar-refractivity contribution in [3.8, 4) is 5.75 Å². The summed E-state index contributed by atoms with van der Waals surface area (Å²) < 4.78 is 38.6. The highest BCUT2D eigenvalue weighted by Crippen LogP contribution is 2.33. The summed E-state index contributed by atoms with van der Waals surface area (Å²) in [5.41, 5.74) is 7.12. The van der Waals surface area contributed by atoms with Crippen molar-refractivity contribution in [1.29, 1.82) is 10.8 Å². The van der Waals surface area contributed by atoms with Gasteiger partial charge in [0.1, 0.15) is 17.7 Å². The number of rotatable bonds is 12. The number of nitrogens with two attached hydrogens (primary N) is 1. The third-order valence-electron chi connectivity index (χ3n) is 6.38. The van der Waals surface area contributed by atoms with Gasteiger partial charge >= 0.3 is 5.97 Å². The molecular formula is C28H36ClN5O5S. The van der Waals surface area contributed by atoms with Crippen LogP contribution >= 0.6 is 11.6 Å². The Morgan fingerprint density at radius 2 is 1.90 bits per heavy atom. The molecule has 1 fully saturated rings. The van der Waals surface area contributed by atoms with Crippen molar-refractivity contribution < 1.29 is 22.7 Å². The first-order chi connectivity index (χ1) is 19.0. The van der Waals surface area contributed by atoms with Crippen LogP contribution in [0.5, 0.6) is 5.75 Å². The minimum atomic E-state index is -4.12. The van der Waals surface area contributed by atoms with Crippen molar-refractivity contribution >= 4 is 51.0 Å². The molecule has 3 rings (SSSR count). The van der Waals surface area contributed by atoms with Gasteiger partial charge in [0.25, 0.3) is 0 Å². The van der Waals surface area contributed by atoms with Crippen molar-refractivity contribution in [2.24, 2.45) is 5.73 Å². The number of benzene rings is 2. The molecule has 12 heteroatoms. The molecule has 0 amide bonds. The van der Waals surface area contributed by atoms with Crippen LogP contribution in [0.4, 0.5) is 5.69 Å². The van der Waals surface area contributed by atoms with Crippen LogP contribution in [-0.4, -0.2) is 69.1 Å². The summed E-state index contributed by atoms with van der Waals surface area (Å²) in [6.45, 7) is 5.02. The minimum Gasteiger partial charge on any atom is -0.489 e. The zero-order chi connectivity index (χ0) is 29.3. The molecule has 2 aromatic rings. The summed E-state index contributed by atoms with van der Waals surface area (Å²) in [6, 6.07) is 11.7. The smallest absolute Gasteiger partial charge is 0.323 e. The molecule has 40 heavy (non-hydrogen) atoms. The Balaban J connectivity index is 1.80. The van der Waals surface area contributed by atoms with Crippen LogP contribution in [0, 0.1) is 10.8 Å². The van der Waals surface area contributed by atoms with Gasteiger partial charge in [0.15, 0.2) is 5.75 Å². The molecule has 0 unspecified atom stereocenters. The van der Waals surface area contributed by atoms with Gasteiger partial charge in [-0.3, -0.25) is 19.9 Å². The van der Waals surface area contributed by atoms with E-state index in [0.29, 0.717) is 23.6 Å². The van der Waals surface area contributed by atoms with Crippen molar-refractivity contribution in [2.45, 2.75) is 39.2 Å².